The third-order valence-electron chi connectivity index (χ3n) is 3.80. The predicted molar refractivity (Wildman–Crippen MR) is 91.9 cm³/mol. The van der Waals surface area contributed by atoms with Gasteiger partial charge in [0.2, 0.25) is 0 Å². The summed E-state index contributed by atoms with van der Waals surface area (Å²) in [5.74, 6) is -0.363. The Bertz CT molecular complexity index is 907. The summed E-state index contributed by atoms with van der Waals surface area (Å²) in [7, 11) is 1.58. The normalized spacial score (nSPS) is 11.1. The Kier molecular flexibility index (Phi) is 5.06. The van der Waals surface area contributed by atoms with Crippen LogP contribution in [-0.4, -0.2) is 30.2 Å². The molecule has 3 aromatic rings. The van der Waals surface area contributed by atoms with Crippen molar-refractivity contribution in [2.24, 2.45) is 0 Å². The van der Waals surface area contributed by atoms with E-state index in [1.807, 2.05) is 6.07 Å². The maximum Gasteiger partial charge on any atom is 0.293 e. The first-order chi connectivity index (χ1) is 12.1. The van der Waals surface area contributed by atoms with E-state index in [0.717, 1.165) is 0 Å². The Labute approximate surface area is 143 Å². The quantitative estimate of drug-likeness (QED) is 0.398. The summed E-state index contributed by atoms with van der Waals surface area (Å²) in [6, 6.07) is 11.2. The minimum Gasteiger partial charge on any atom is -0.382 e. The fourth-order valence-electron chi connectivity index (χ4n) is 2.66. The topological polar surface area (TPSA) is 77.4 Å². The van der Waals surface area contributed by atoms with Gasteiger partial charge < -0.3 is 14.5 Å². The number of hydrogen-bond donors (Lipinski definition) is 1. The molecule has 0 aliphatic heterocycles. The first-order valence-electron chi connectivity index (χ1n) is 7.71. The summed E-state index contributed by atoms with van der Waals surface area (Å²) in [6.07, 6.45) is 0. The number of fused-ring (bicyclic) bond motifs is 1. The molecular formula is C18H17FN2O4. The Hall–Kier alpha value is -2.77. The van der Waals surface area contributed by atoms with E-state index in [0.29, 0.717) is 40.9 Å². The minimum absolute atomic E-state index is 0.0366. The molecule has 25 heavy (non-hydrogen) atoms. The number of aromatic nitrogens is 1. The molecule has 7 heteroatoms. The van der Waals surface area contributed by atoms with Crippen molar-refractivity contribution >= 4 is 16.6 Å². The van der Waals surface area contributed by atoms with Crippen molar-refractivity contribution in [2.45, 2.75) is 6.61 Å². The smallest absolute Gasteiger partial charge is 0.293 e. The number of nitrogens with zero attached hydrogens (tertiary/aromatic N) is 1. The van der Waals surface area contributed by atoms with Gasteiger partial charge in [0.15, 0.2) is 0 Å². The van der Waals surface area contributed by atoms with E-state index < -0.39 is 4.92 Å². The van der Waals surface area contributed by atoms with E-state index in [-0.39, 0.29) is 18.1 Å². The number of benzene rings is 2. The summed E-state index contributed by atoms with van der Waals surface area (Å²) >= 11 is 0. The maximum atomic E-state index is 13.4. The summed E-state index contributed by atoms with van der Waals surface area (Å²) in [4.78, 5) is 14.0. The molecular weight excluding hydrogens is 327 g/mol. The molecule has 0 saturated carbocycles. The van der Waals surface area contributed by atoms with Crippen molar-refractivity contribution in [1.29, 1.82) is 0 Å². The second-order valence-corrected chi connectivity index (χ2v) is 5.58. The van der Waals surface area contributed by atoms with Gasteiger partial charge in [-0.2, -0.15) is 0 Å². The molecule has 6 nitrogen and oxygen atoms in total. The van der Waals surface area contributed by atoms with Gasteiger partial charge in [0.1, 0.15) is 11.3 Å². The molecule has 2 aromatic carbocycles. The van der Waals surface area contributed by atoms with Crippen molar-refractivity contribution < 1.29 is 18.8 Å². The van der Waals surface area contributed by atoms with Crippen LogP contribution in [0.2, 0.25) is 0 Å². The molecule has 0 saturated heterocycles. The molecule has 0 unspecified atom stereocenters. The van der Waals surface area contributed by atoms with Crippen LogP contribution < -0.4 is 0 Å². The van der Waals surface area contributed by atoms with E-state index in [4.69, 9.17) is 9.47 Å². The van der Waals surface area contributed by atoms with Crippen molar-refractivity contribution in [3.8, 4) is 11.3 Å². The lowest BCUT2D eigenvalue weighted by Gasteiger charge is -2.04. The van der Waals surface area contributed by atoms with Crippen molar-refractivity contribution in [2.75, 3.05) is 20.3 Å². The highest BCUT2D eigenvalue weighted by atomic mass is 19.1. The summed E-state index contributed by atoms with van der Waals surface area (Å²) in [6.45, 7) is 1.11. The molecule has 0 bridgehead atoms. The number of nitrogens with one attached hydrogen (secondary N) is 1. The molecule has 0 spiro atoms. The zero-order valence-corrected chi connectivity index (χ0v) is 13.6. The molecule has 0 atom stereocenters. The second kappa shape index (κ2) is 7.42. The molecule has 0 radical (unpaired) electrons. The van der Waals surface area contributed by atoms with Crippen molar-refractivity contribution in [3.05, 3.63) is 64.0 Å². The molecule has 0 aliphatic carbocycles. The van der Waals surface area contributed by atoms with Gasteiger partial charge in [0.25, 0.3) is 5.69 Å². The van der Waals surface area contributed by atoms with Gasteiger partial charge in [-0.15, -0.1) is 0 Å². The molecule has 1 aromatic heterocycles. The van der Waals surface area contributed by atoms with Crippen molar-refractivity contribution in [3.63, 3.8) is 0 Å². The van der Waals surface area contributed by atoms with Gasteiger partial charge in [0.05, 0.1) is 24.7 Å². The van der Waals surface area contributed by atoms with E-state index in [9.17, 15) is 14.5 Å². The van der Waals surface area contributed by atoms with Gasteiger partial charge >= 0.3 is 0 Å². The van der Waals surface area contributed by atoms with Gasteiger partial charge in [-0.3, -0.25) is 10.1 Å². The summed E-state index contributed by atoms with van der Waals surface area (Å²) < 4.78 is 23.8. The van der Waals surface area contributed by atoms with Gasteiger partial charge in [0, 0.05) is 29.8 Å². The predicted octanol–water partition coefficient (Wildman–Crippen LogP) is 4.05. The lowest BCUT2D eigenvalue weighted by Crippen LogP contribution is -2.02. The van der Waals surface area contributed by atoms with Crippen LogP contribution in [-0.2, 0) is 16.1 Å². The molecule has 1 heterocycles. The van der Waals surface area contributed by atoms with Gasteiger partial charge in [-0.25, -0.2) is 4.39 Å². The highest BCUT2D eigenvalue weighted by molar-refractivity contribution is 5.92. The number of rotatable bonds is 7. The van der Waals surface area contributed by atoms with Crippen LogP contribution in [0.1, 0.15) is 5.56 Å². The lowest BCUT2D eigenvalue weighted by atomic mass is 10.1. The van der Waals surface area contributed by atoms with E-state index >= 15 is 0 Å². The first-order valence-corrected chi connectivity index (χ1v) is 7.71. The zero-order valence-electron chi connectivity index (χ0n) is 13.6. The van der Waals surface area contributed by atoms with E-state index in [1.54, 1.807) is 25.3 Å². The van der Waals surface area contributed by atoms with Gasteiger partial charge in [-0.05, 0) is 29.8 Å². The van der Waals surface area contributed by atoms with Crippen LogP contribution in [0.25, 0.3) is 22.2 Å². The highest BCUT2D eigenvalue weighted by Crippen LogP contribution is 2.31. The summed E-state index contributed by atoms with van der Waals surface area (Å²) in [5, 5.41) is 12.1. The third-order valence-corrected chi connectivity index (χ3v) is 3.80. The number of nitro benzene ring substituents is 1. The third kappa shape index (κ3) is 3.84. The number of non-ortho nitro benzene ring substituents is 1. The number of methoxy groups -OCH3 is 1. The molecule has 130 valence electrons. The van der Waals surface area contributed by atoms with Gasteiger partial charge in [-0.1, -0.05) is 12.1 Å². The van der Waals surface area contributed by atoms with Crippen molar-refractivity contribution in [1.82, 2.24) is 4.98 Å². The van der Waals surface area contributed by atoms with Crippen LogP contribution in [0, 0.1) is 15.9 Å². The molecule has 3 rings (SSSR count). The monoisotopic (exact) mass is 344 g/mol. The number of nitro groups is 1. The Morgan fingerprint density at radius 3 is 2.76 bits per heavy atom. The Morgan fingerprint density at radius 1 is 1.20 bits per heavy atom. The number of aromatic amines is 1. The minimum atomic E-state index is -0.438. The standard InChI is InChI=1S/C18H17FN2O4/c1-24-5-6-25-11-12-7-14-10-16(13-3-2-4-15(19)9-13)20-18(14)17(8-12)21(22)23/h2-4,7-10,20H,5-6,11H2,1H3. The number of ether oxygens (including phenoxy) is 2. The Morgan fingerprint density at radius 2 is 2.04 bits per heavy atom. The SMILES string of the molecule is COCCOCc1cc([N+](=O)[O-])c2[nH]c(-c3cccc(F)c3)cc2c1. The fraction of sp³-hybridized carbons (Fsp3) is 0.222. The summed E-state index contributed by atoms with van der Waals surface area (Å²) in [5.41, 5.74) is 2.31. The van der Waals surface area contributed by atoms with Crippen LogP contribution >= 0.6 is 0 Å². The lowest BCUT2D eigenvalue weighted by molar-refractivity contribution is -0.383. The van der Waals surface area contributed by atoms with Crippen LogP contribution in [0.15, 0.2) is 42.5 Å². The average Bonchev–Trinajstić information content (AvgIpc) is 3.02. The average molecular weight is 344 g/mol. The number of hydrogen-bond acceptors (Lipinski definition) is 4. The van der Waals surface area contributed by atoms with E-state index in [1.165, 1.54) is 18.2 Å². The molecule has 0 aliphatic rings. The van der Waals surface area contributed by atoms with Crippen LogP contribution in [0.3, 0.4) is 0 Å². The molecule has 0 amide bonds. The molecule has 1 N–H and O–H groups in total. The van der Waals surface area contributed by atoms with E-state index in [2.05, 4.69) is 4.98 Å². The first kappa shape index (κ1) is 17.1. The number of H-pyrrole nitrogens is 1. The Balaban J connectivity index is 1.99. The zero-order chi connectivity index (χ0) is 17.8. The van der Waals surface area contributed by atoms with Crippen LogP contribution in [0.4, 0.5) is 10.1 Å². The second-order valence-electron chi connectivity index (χ2n) is 5.58. The highest BCUT2D eigenvalue weighted by Gasteiger charge is 2.17. The molecule has 0 fully saturated rings. The maximum absolute atomic E-state index is 13.4. The number of halogens is 1. The van der Waals surface area contributed by atoms with Crippen LogP contribution in [0.5, 0.6) is 0 Å². The largest absolute Gasteiger partial charge is 0.382 e. The fourth-order valence-corrected chi connectivity index (χ4v) is 2.66.